The van der Waals surface area contributed by atoms with Crippen molar-refractivity contribution in [3.63, 3.8) is 0 Å². The Morgan fingerprint density at radius 1 is 1.53 bits per heavy atom. The Balaban J connectivity index is 2.16. The van der Waals surface area contributed by atoms with E-state index >= 15 is 0 Å². The summed E-state index contributed by atoms with van der Waals surface area (Å²) in [5.74, 6) is -0.663. The van der Waals surface area contributed by atoms with Gasteiger partial charge in [-0.1, -0.05) is 31.9 Å². The molecule has 0 bridgehead atoms. The zero-order valence-electron chi connectivity index (χ0n) is 11.2. The van der Waals surface area contributed by atoms with E-state index in [4.69, 9.17) is 16.7 Å². The molecule has 1 aliphatic rings. The molecule has 6 heteroatoms. The number of piperidine rings is 1. The van der Waals surface area contributed by atoms with E-state index in [-0.39, 0.29) is 10.7 Å². The van der Waals surface area contributed by atoms with Crippen LogP contribution in [0.5, 0.6) is 0 Å². The van der Waals surface area contributed by atoms with E-state index in [9.17, 15) is 4.79 Å². The lowest BCUT2D eigenvalue weighted by Gasteiger charge is -2.38. The van der Waals surface area contributed by atoms with E-state index < -0.39 is 5.97 Å². The second-order valence-electron chi connectivity index (χ2n) is 5.32. The van der Waals surface area contributed by atoms with E-state index in [0.717, 1.165) is 32.4 Å². The molecule has 0 atom stereocenters. The summed E-state index contributed by atoms with van der Waals surface area (Å²) >= 11 is 5.77. The van der Waals surface area contributed by atoms with Gasteiger partial charge in [0.05, 0.1) is 11.2 Å². The van der Waals surface area contributed by atoms with Gasteiger partial charge in [-0.15, -0.1) is 0 Å². The number of carboxylic acid groups (broad SMARTS) is 1. The van der Waals surface area contributed by atoms with Crippen LogP contribution in [0.15, 0.2) is 6.20 Å². The summed E-state index contributed by atoms with van der Waals surface area (Å²) in [6, 6.07) is 0. The maximum Gasteiger partial charge on any atom is 0.356 e. The van der Waals surface area contributed by atoms with Gasteiger partial charge in [-0.05, 0) is 18.3 Å². The predicted octanol–water partition coefficient (Wildman–Crippen LogP) is 2.84. The van der Waals surface area contributed by atoms with Crippen LogP contribution in [0.2, 0.25) is 5.02 Å². The van der Waals surface area contributed by atoms with Gasteiger partial charge in [0.1, 0.15) is 0 Å². The third-order valence-electron chi connectivity index (χ3n) is 4.04. The summed E-state index contributed by atoms with van der Waals surface area (Å²) in [4.78, 5) is 21.2. The summed E-state index contributed by atoms with van der Waals surface area (Å²) in [7, 11) is 0. The Labute approximate surface area is 117 Å². The predicted molar refractivity (Wildman–Crippen MR) is 73.8 cm³/mol. The van der Waals surface area contributed by atoms with Crippen LogP contribution in [-0.2, 0) is 0 Å². The number of carboxylic acids is 1. The first kappa shape index (κ1) is 14.1. The lowest BCUT2D eigenvalue weighted by molar-refractivity contribution is 0.0690. The summed E-state index contributed by atoms with van der Waals surface area (Å²) in [6.07, 6.45) is 4.65. The molecule has 0 aromatic carbocycles. The van der Waals surface area contributed by atoms with Crippen molar-refractivity contribution in [2.75, 3.05) is 18.0 Å². The number of carbonyl (C=O) groups is 1. The van der Waals surface area contributed by atoms with E-state index in [1.165, 1.54) is 6.20 Å². The van der Waals surface area contributed by atoms with Crippen LogP contribution in [0.3, 0.4) is 0 Å². The third kappa shape index (κ3) is 2.97. The molecule has 2 heterocycles. The van der Waals surface area contributed by atoms with Crippen LogP contribution >= 0.6 is 11.6 Å². The molecular formula is C13H18ClN3O2. The van der Waals surface area contributed by atoms with Gasteiger partial charge in [-0.2, -0.15) is 0 Å². The van der Waals surface area contributed by atoms with Gasteiger partial charge in [0, 0.05) is 13.1 Å². The Morgan fingerprint density at radius 2 is 2.16 bits per heavy atom. The van der Waals surface area contributed by atoms with Crippen molar-refractivity contribution in [3.8, 4) is 0 Å². The maximum atomic E-state index is 11.0. The number of rotatable bonds is 3. The van der Waals surface area contributed by atoms with Crippen LogP contribution in [0.4, 0.5) is 5.95 Å². The molecular weight excluding hydrogens is 266 g/mol. The van der Waals surface area contributed by atoms with Crippen molar-refractivity contribution < 1.29 is 9.90 Å². The number of aromatic carboxylic acids is 1. The molecule has 0 saturated carbocycles. The molecule has 19 heavy (non-hydrogen) atoms. The lowest BCUT2D eigenvalue weighted by Crippen LogP contribution is -2.39. The maximum absolute atomic E-state index is 11.0. The molecule has 1 aromatic heterocycles. The molecule has 0 unspecified atom stereocenters. The molecule has 1 aliphatic heterocycles. The van der Waals surface area contributed by atoms with Crippen LogP contribution in [-0.4, -0.2) is 34.1 Å². The van der Waals surface area contributed by atoms with Gasteiger partial charge in [0.2, 0.25) is 5.95 Å². The van der Waals surface area contributed by atoms with E-state index in [1.807, 2.05) is 4.90 Å². The highest BCUT2D eigenvalue weighted by Crippen LogP contribution is 2.35. The molecule has 1 N–H and O–H groups in total. The van der Waals surface area contributed by atoms with Crippen molar-refractivity contribution in [3.05, 3.63) is 16.9 Å². The Morgan fingerprint density at radius 3 is 2.68 bits per heavy atom. The zero-order valence-corrected chi connectivity index (χ0v) is 11.9. The van der Waals surface area contributed by atoms with Gasteiger partial charge >= 0.3 is 5.97 Å². The van der Waals surface area contributed by atoms with Crippen molar-refractivity contribution in [2.45, 2.75) is 33.1 Å². The highest BCUT2D eigenvalue weighted by Gasteiger charge is 2.29. The van der Waals surface area contributed by atoms with Crippen LogP contribution in [0.1, 0.15) is 43.6 Å². The van der Waals surface area contributed by atoms with Gasteiger partial charge in [-0.3, -0.25) is 0 Å². The second kappa shape index (κ2) is 5.33. The summed E-state index contributed by atoms with van der Waals surface area (Å²) in [5, 5.41) is 9.09. The molecule has 2 rings (SSSR count). The fourth-order valence-corrected chi connectivity index (χ4v) is 2.43. The van der Waals surface area contributed by atoms with Gasteiger partial charge in [0.15, 0.2) is 5.69 Å². The molecule has 0 amide bonds. The summed E-state index contributed by atoms with van der Waals surface area (Å²) < 4.78 is 0. The molecule has 0 radical (unpaired) electrons. The highest BCUT2D eigenvalue weighted by molar-refractivity contribution is 6.33. The number of anilines is 1. The second-order valence-corrected chi connectivity index (χ2v) is 5.73. The van der Waals surface area contributed by atoms with Gasteiger partial charge in [-0.25, -0.2) is 14.8 Å². The molecule has 1 aromatic rings. The molecule has 104 valence electrons. The largest absolute Gasteiger partial charge is 0.476 e. The molecule has 1 saturated heterocycles. The minimum Gasteiger partial charge on any atom is -0.476 e. The quantitative estimate of drug-likeness (QED) is 0.924. The van der Waals surface area contributed by atoms with Crippen molar-refractivity contribution in [1.82, 2.24) is 9.97 Å². The number of nitrogens with zero attached hydrogens (tertiary/aromatic N) is 3. The molecule has 0 aliphatic carbocycles. The third-order valence-corrected chi connectivity index (χ3v) is 4.32. The van der Waals surface area contributed by atoms with Crippen molar-refractivity contribution in [2.24, 2.45) is 5.41 Å². The SMILES string of the molecule is CCC1(C)CCN(c2ncc(Cl)c(C(=O)O)n2)CC1. The average molecular weight is 284 g/mol. The standard InChI is InChI=1S/C13H18ClN3O2/c1-3-13(2)4-6-17(7-5-13)12-15-8-9(14)10(16-12)11(18)19/h8H,3-7H2,1-2H3,(H,18,19). The van der Waals surface area contributed by atoms with Crippen LogP contribution < -0.4 is 4.90 Å². The van der Waals surface area contributed by atoms with E-state index in [2.05, 4.69) is 23.8 Å². The van der Waals surface area contributed by atoms with E-state index in [0.29, 0.717) is 11.4 Å². The first-order valence-electron chi connectivity index (χ1n) is 6.46. The molecule has 5 nitrogen and oxygen atoms in total. The van der Waals surface area contributed by atoms with Gasteiger partial charge in [0.25, 0.3) is 0 Å². The van der Waals surface area contributed by atoms with Crippen molar-refractivity contribution >= 4 is 23.5 Å². The minimum atomic E-state index is -1.12. The number of hydrogen-bond acceptors (Lipinski definition) is 4. The number of halogens is 1. The monoisotopic (exact) mass is 283 g/mol. The first-order chi connectivity index (χ1) is 8.95. The Hall–Kier alpha value is -1.36. The minimum absolute atomic E-state index is 0.0756. The first-order valence-corrected chi connectivity index (χ1v) is 6.84. The average Bonchev–Trinajstić information content (AvgIpc) is 2.40. The smallest absolute Gasteiger partial charge is 0.356 e. The number of hydrogen-bond donors (Lipinski definition) is 1. The zero-order chi connectivity index (χ0) is 14.0. The summed E-state index contributed by atoms with van der Waals surface area (Å²) in [6.45, 7) is 6.20. The lowest BCUT2D eigenvalue weighted by atomic mass is 9.78. The fourth-order valence-electron chi connectivity index (χ4n) is 2.26. The van der Waals surface area contributed by atoms with Crippen LogP contribution in [0.25, 0.3) is 0 Å². The molecule has 1 fully saturated rings. The van der Waals surface area contributed by atoms with Gasteiger partial charge < -0.3 is 10.0 Å². The topological polar surface area (TPSA) is 66.3 Å². The molecule has 0 spiro atoms. The fraction of sp³-hybridized carbons (Fsp3) is 0.615. The number of aromatic nitrogens is 2. The normalized spacial score (nSPS) is 18.4. The Kier molecular flexibility index (Phi) is 3.94. The summed E-state index contributed by atoms with van der Waals surface area (Å²) in [5.41, 5.74) is 0.244. The van der Waals surface area contributed by atoms with E-state index in [1.54, 1.807) is 0 Å². The van der Waals surface area contributed by atoms with Crippen LogP contribution in [0, 0.1) is 5.41 Å². The van der Waals surface area contributed by atoms with Crippen molar-refractivity contribution in [1.29, 1.82) is 0 Å². The Bertz CT molecular complexity index is 485. The highest BCUT2D eigenvalue weighted by atomic mass is 35.5.